The molecule has 0 unspecified atom stereocenters. The van der Waals surface area contributed by atoms with Crippen LogP contribution < -0.4 is 14.8 Å². The SMILES string of the molecule is COc1ccc(-c2cc(NC(=O)C3(c4ccc(O)c(O)c4)CC3)ccc2OC)cc1. The van der Waals surface area contributed by atoms with Crippen LogP contribution in [0, 0.1) is 0 Å². The lowest BCUT2D eigenvalue weighted by atomic mass is 9.94. The number of hydrogen-bond donors (Lipinski definition) is 3. The fraction of sp³-hybridized carbons (Fsp3) is 0.208. The lowest BCUT2D eigenvalue weighted by molar-refractivity contribution is -0.118. The maximum Gasteiger partial charge on any atom is 0.235 e. The molecule has 0 atom stereocenters. The van der Waals surface area contributed by atoms with Crippen LogP contribution in [0.2, 0.25) is 0 Å². The minimum absolute atomic E-state index is 0.140. The maximum absolute atomic E-state index is 13.1. The van der Waals surface area contributed by atoms with Gasteiger partial charge in [-0.15, -0.1) is 0 Å². The molecule has 0 spiro atoms. The smallest absolute Gasteiger partial charge is 0.235 e. The summed E-state index contributed by atoms with van der Waals surface area (Å²) in [4.78, 5) is 13.1. The number of aromatic hydroxyl groups is 2. The van der Waals surface area contributed by atoms with E-state index >= 15 is 0 Å². The van der Waals surface area contributed by atoms with Crippen LogP contribution in [-0.2, 0) is 10.2 Å². The van der Waals surface area contributed by atoms with Gasteiger partial charge in [-0.25, -0.2) is 0 Å². The number of nitrogens with one attached hydrogen (secondary N) is 1. The zero-order valence-corrected chi connectivity index (χ0v) is 16.8. The first-order valence-electron chi connectivity index (χ1n) is 9.63. The van der Waals surface area contributed by atoms with Gasteiger partial charge >= 0.3 is 0 Å². The van der Waals surface area contributed by atoms with Crippen molar-refractivity contribution in [3.05, 3.63) is 66.2 Å². The van der Waals surface area contributed by atoms with Crippen molar-refractivity contribution in [3.8, 4) is 34.1 Å². The number of amides is 1. The van der Waals surface area contributed by atoms with Gasteiger partial charge in [0, 0.05) is 11.3 Å². The first-order valence-corrected chi connectivity index (χ1v) is 9.63. The fourth-order valence-corrected chi connectivity index (χ4v) is 3.63. The Bertz CT molecular complexity index is 1090. The lowest BCUT2D eigenvalue weighted by Crippen LogP contribution is -2.27. The van der Waals surface area contributed by atoms with Gasteiger partial charge in [0.05, 0.1) is 19.6 Å². The van der Waals surface area contributed by atoms with Crippen molar-refractivity contribution in [2.75, 3.05) is 19.5 Å². The molecule has 1 saturated carbocycles. The summed E-state index contributed by atoms with van der Waals surface area (Å²) in [6.07, 6.45) is 1.37. The Labute approximate surface area is 174 Å². The molecule has 4 rings (SSSR count). The average molecular weight is 405 g/mol. The van der Waals surface area contributed by atoms with Crippen molar-refractivity contribution < 1.29 is 24.5 Å². The largest absolute Gasteiger partial charge is 0.504 e. The summed E-state index contributed by atoms with van der Waals surface area (Å²) >= 11 is 0. The zero-order valence-electron chi connectivity index (χ0n) is 16.8. The molecule has 0 bridgehead atoms. The normalized spacial score (nSPS) is 14.1. The van der Waals surface area contributed by atoms with Crippen molar-refractivity contribution >= 4 is 11.6 Å². The number of carbonyl (C=O) groups is 1. The van der Waals surface area contributed by atoms with E-state index in [9.17, 15) is 15.0 Å². The molecule has 30 heavy (non-hydrogen) atoms. The molecule has 1 aliphatic carbocycles. The summed E-state index contributed by atoms with van der Waals surface area (Å²) < 4.78 is 10.7. The number of methoxy groups -OCH3 is 2. The molecule has 1 fully saturated rings. The summed E-state index contributed by atoms with van der Waals surface area (Å²) in [7, 11) is 3.23. The highest BCUT2D eigenvalue weighted by atomic mass is 16.5. The van der Waals surface area contributed by atoms with Crippen LogP contribution in [0.4, 0.5) is 5.69 Å². The van der Waals surface area contributed by atoms with Crippen molar-refractivity contribution in [1.29, 1.82) is 0 Å². The summed E-state index contributed by atoms with van der Waals surface area (Å²) in [6, 6.07) is 17.7. The van der Waals surface area contributed by atoms with E-state index in [0.29, 0.717) is 29.8 Å². The minimum Gasteiger partial charge on any atom is -0.504 e. The third-order valence-electron chi connectivity index (χ3n) is 5.57. The fourth-order valence-electron chi connectivity index (χ4n) is 3.63. The van der Waals surface area contributed by atoms with Gasteiger partial charge in [-0.1, -0.05) is 18.2 Å². The number of benzene rings is 3. The Balaban J connectivity index is 1.61. The Morgan fingerprint density at radius 2 is 1.63 bits per heavy atom. The van der Waals surface area contributed by atoms with E-state index in [0.717, 1.165) is 16.9 Å². The molecular weight excluding hydrogens is 382 g/mol. The van der Waals surface area contributed by atoms with Gasteiger partial charge in [-0.2, -0.15) is 0 Å². The van der Waals surface area contributed by atoms with Crippen LogP contribution in [-0.4, -0.2) is 30.3 Å². The van der Waals surface area contributed by atoms with Crippen LogP contribution >= 0.6 is 0 Å². The summed E-state index contributed by atoms with van der Waals surface area (Å²) in [5, 5.41) is 22.4. The maximum atomic E-state index is 13.1. The summed E-state index contributed by atoms with van der Waals surface area (Å²) in [5.41, 5.74) is 2.45. The van der Waals surface area contributed by atoms with E-state index in [4.69, 9.17) is 9.47 Å². The molecular formula is C24H23NO5. The first-order chi connectivity index (χ1) is 14.5. The quantitative estimate of drug-likeness (QED) is 0.527. The third-order valence-corrected chi connectivity index (χ3v) is 5.57. The van der Waals surface area contributed by atoms with E-state index in [1.54, 1.807) is 26.4 Å². The molecule has 3 aromatic rings. The van der Waals surface area contributed by atoms with Gasteiger partial charge < -0.3 is 25.0 Å². The molecule has 0 saturated heterocycles. The third kappa shape index (κ3) is 3.52. The molecule has 1 aliphatic rings. The molecule has 1 amide bonds. The van der Waals surface area contributed by atoms with E-state index in [-0.39, 0.29) is 17.4 Å². The van der Waals surface area contributed by atoms with E-state index < -0.39 is 5.41 Å². The minimum atomic E-state index is -0.689. The second kappa shape index (κ2) is 7.63. The molecule has 3 N–H and O–H groups in total. The molecule has 6 nitrogen and oxygen atoms in total. The Morgan fingerprint density at radius 1 is 0.900 bits per heavy atom. The number of hydrogen-bond acceptors (Lipinski definition) is 5. The monoisotopic (exact) mass is 405 g/mol. The number of phenolic OH excluding ortho intramolecular Hbond substituents is 2. The lowest BCUT2D eigenvalue weighted by Gasteiger charge is -2.18. The van der Waals surface area contributed by atoms with Gasteiger partial charge in [-0.05, 0) is 66.4 Å². The first kappa shape index (κ1) is 19.6. The van der Waals surface area contributed by atoms with Crippen LogP contribution in [0.25, 0.3) is 11.1 Å². The number of carbonyl (C=O) groups excluding carboxylic acids is 1. The highest BCUT2D eigenvalue weighted by Crippen LogP contribution is 2.50. The molecule has 0 aliphatic heterocycles. The zero-order chi connectivity index (χ0) is 21.3. The van der Waals surface area contributed by atoms with Crippen LogP contribution in [0.1, 0.15) is 18.4 Å². The number of ether oxygens (including phenoxy) is 2. The van der Waals surface area contributed by atoms with Gasteiger partial charge in [0.15, 0.2) is 11.5 Å². The molecule has 0 aromatic heterocycles. The van der Waals surface area contributed by atoms with E-state index in [2.05, 4.69) is 5.32 Å². The Kier molecular flexibility index (Phi) is 4.99. The molecule has 0 radical (unpaired) electrons. The average Bonchev–Trinajstić information content (AvgIpc) is 3.58. The van der Waals surface area contributed by atoms with E-state index in [1.807, 2.05) is 36.4 Å². The highest BCUT2D eigenvalue weighted by molar-refractivity contribution is 6.02. The second-order valence-corrected chi connectivity index (χ2v) is 7.38. The highest BCUT2D eigenvalue weighted by Gasteiger charge is 2.51. The van der Waals surface area contributed by atoms with Crippen LogP contribution in [0.15, 0.2) is 60.7 Å². The second-order valence-electron chi connectivity index (χ2n) is 7.38. The van der Waals surface area contributed by atoms with Gasteiger partial charge in [0.1, 0.15) is 11.5 Å². The number of phenols is 2. The van der Waals surface area contributed by atoms with Gasteiger partial charge in [-0.3, -0.25) is 4.79 Å². The number of rotatable bonds is 6. The Morgan fingerprint density at radius 3 is 2.23 bits per heavy atom. The predicted octanol–water partition coefficient (Wildman–Crippen LogP) is 4.45. The van der Waals surface area contributed by atoms with Crippen molar-refractivity contribution in [1.82, 2.24) is 0 Å². The standard InChI is InChI=1S/C24H23NO5/c1-29-18-7-3-15(4-8-18)19-14-17(6-10-22(19)30-2)25-23(28)24(11-12-24)16-5-9-20(26)21(27)13-16/h3-10,13-14,26-27H,11-12H2,1-2H3,(H,25,28). The van der Waals surface area contributed by atoms with Crippen molar-refractivity contribution in [2.45, 2.75) is 18.3 Å². The molecule has 0 heterocycles. The summed E-state index contributed by atoms with van der Waals surface area (Å²) in [6.45, 7) is 0. The van der Waals surface area contributed by atoms with Gasteiger partial charge in [0.25, 0.3) is 0 Å². The summed E-state index contributed by atoms with van der Waals surface area (Å²) in [5.74, 6) is 0.892. The Hall–Kier alpha value is -3.67. The molecule has 154 valence electrons. The van der Waals surface area contributed by atoms with Crippen molar-refractivity contribution in [2.24, 2.45) is 0 Å². The number of anilines is 1. The van der Waals surface area contributed by atoms with Crippen LogP contribution in [0.3, 0.4) is 0 Å². The topological polar surface area (TPSA) is 88.0 Å². The van der Waals surface area contributed by atoms with E-state index in [1.165, 1.54) is 12.1 Å². The van der Waals surface area contributed by atoms with Crippen molar-refractivity contribution in [3.63, 3.8) is 0 Å². The predicted molar refractivity (Wildman–Crippen MR) is 114 cm³/mol. The molecule has 3 aromatic carbocycles. The van der Waals surface area contributed by atoms with Crippen LogP contribution in [0.5, 0.6) is 23.0 Å². The molecule has 6 heteroatoms. The van der Waals surface area contributed by atoms with Gasteiger partial charge in [0.2, 0.25) is 5.91 Å².